The van der Waals surface area contributed by atoms with Crippen LogP contribution in [0.4, 0.5) is 4.39 Å². The van der Waals surface area contributed by atoms with Gasteiger partial charge >= 0.3 is 0 Å². The van der Waals surface area contributed by atoms with E-state index in [1.54, 1.807) is 12.1 Å². The molecule has 1 heterocycles. The number of nitrogens with zero attached hydrogens (tertiary/aromatic N) is 1. The van der Waals surface area contributed by atoms with Crippen molar-refractivity contribution in [1.29, 1.82) is 0 Å². The van der Waals surface area contributed by atoms with Crippen LogP contribution < -0.4 is 4.74 Å². The predicted molar refractivity (Wildman–Crippen MR) is 47.0 cm³/mol. The molecule has 1 aliphatic rings. The number of ether oxygens (including phenoxy) is 1. The molecular formula is C10H12FNO. The largest absolute Gasteiger partial charge is 0.478 e. The van der Waals surface area contributed by atoms with Crippen LogP contribution in [0.15, 0.2) is 18.2 Å². The van der Waals surface area contributed by atoms with Crippen LogP contribution in [0.3, 0.4) is 0 Å². The first-order chi connectivity index (χ1) is 6.34. The lowest BCUT2D eigenvalue weighted by Gasteiger charge is -2.03. The van der Waals surface area contributed by atoms with E-state index in [2.05, 4.69) is 4.98 Å². The zero-order valence-electron chi connectivity index (χ0n) is 7.37. The van der Waals surface area contributed by atoms with E-state index in [0.717, 1.165) is 12.3 Å². The molecule has 1 fully saturated rings. The minimum atomic E-state index is -0.482. The zero-order valence-corrected chi connectivity index (χ0v) is 7.37. The third kappa shape index (κ3) is 2.68. The molecule has 0 aromatic carbocycles. The van der Waals surface area contributed by atoms with E-state index in [1.807, 2.05) is 0 Å². The molecule has 0 bridgehead atoms. The molecule has 0 spiro atoms. The van der Waals surface area contributed by atoms with Crippen molar-refractivity contribution in [2.24, 2.45) is 5.92 Å². The van der Waals surface area contributed by atoms with Crippen LogP contribution in [0.5, 0.6) is 5.88 Å². The Kier molecular flexibility index (Phi) is 2.43. The molecule has 0 N–H and O–H groups in total. The summed E-state index contributed by atoms with van der Waals surface area (Å²) in [6.45, 7) is 0.654. The maximum Gasteiger partial charge on any atom is 0.216 e. The van der Waals surface area contributed by atoms with Gasteiger partial charge in [0.05, 0.1) is 6.61 Å². The summed E-state index contributed by atoms with van der Waals surface area (Å²) in [6.07, 6.45) is 3.71. The van der Waals surface area contributed by atoms with Crippen molar-refractivity contribution in [2.75, 3.05) is 6.61 Å². The number of halogens is 1. The second kappa shape index (κ2) is 3.73. The van der Waals surface area contributed by atoms with Crippen molar-refractivity contribution in [3.05, 3.63) is 24.1 Å². The van der Waals surface area contributed by atoms with Gasteiger partial charge in [-0.25, -0.2) is 0 Å². The Hall–Kier alpha value is -1.12. The maximum atomic E-state index is 12.6. The Labute approximate surface area is 76.7 Å². The predicted octanol–water partition coefficient (Wildman–Crippen LogP) is 2.40. The highest BCUT2D eigenvalue weighted by Gasteiger charge is 2.20. The van der Waals surface area contributed by atoms with Crippen LogP contribution in [0.2, 0.25) is 0 Å². The number of hydrogen-bond acceptors (Lipinski definition) is 2. The SMILES string of the molecule is Fc1cccc(OCCC2CC2)n1. The number of pyridine rings is 1. The molecule has 0 unspecified atom stereocenters. The molecule has 0 aliphatic heterocycles. The molecule has 0 atom stereocenters. The molecule has 1 aromatic heterocycles. The van der Waals surface area contributed by atoms with E-state index in [0.29, 0.717) is 12.5 Å². The van der Waals surface area contributed by atoms with Crippen LogP contribution in [-0.2, 0) is 0 Å². The normalized spacial score (nSPS) is 15.8. The summed E-state index contributed by atoms with van der Waals surface area (Å²) < 4.78 is 17.9. The van der Waals surface area contributed by atoms with Crippen LogP contribution in [0.1, 0.15) is 19.3 Å². The third-order valence-electron chi connectivity index (χ3n) is 2.16. The number of aromatic nitrogens is 1. The Morgan fingerprint density at radius 2 is 2.31 bits per heavy atom. The molecule has 1 saturated carbocycles. The molecule has 1 aromatic rings. The van der Waals surface area contributed by atoms with Crippen LogP contribution >= 0.6 is 0 Å². The number of rotatable bonds is 4. The lowest BCUT2D eigenvalue weighted by molar-refractivity contribution is 0.287. The minimum absolute atomic E-state index is 0.389. The van der Waals surface area contributed by atoms with E-state index >= 15 is 0 Å². The highest BCUT2D eigenvalue weighted by Crippen LogP contribution is 2.32. The molecule has 0 amide bonds. The van der Waals surface area contributed by atoms with Gasteiger partial charge in [0.1, 0.15) is 0 Å². The maximum absolute atomic E-state index is 12.6. The van der Waals surface area contributed by atoms with Gasteiger partial charge in [-0.1, -0.05) is 18.9 Å². The first-order valence-electron chi connectivity index (χ1n) is 4.60. The molecule has 1 aliphatic carbocycles. The Bertz CT molecular complexity index is 286. The molecule has 13 heavy (non-hydrogen) atoms. The smallest absolute Gasteiger partial charge is 0.216 e. The van der Waals surface area contributed by atoms with Gasteiger partial charge in [-0.3, -0.25) is 0 Å². The van der Waals surface area contributed by atoms with Crippen molar-refractivity contribution >= 4 is 0 Å². The van der Waals surface area contributed by atoms with Crippen molar-refractivity contribution in [1.82, 2.24) is 4.98 Å². The van der Waals surface area contributed by atoms with Crippen molar-refractivity contribution in [3.63, 3.8) is 0 Å². The standard InChI is InChI=1S/C10H12FNO/c11-9-2-1-3-10(12-9)13-7-6-8-4-5-8/h1-3,8H,4-7H2. The summed E-state index contributed by atoms with van der Waals surface area (Å²) in [4.78, 5) is 3.60. The van der Waals surface area contributed by atoms with Gasteiger partial charge in [-0.05, 0) is 18.4 Å². The first kappa shape index (κ1) is 8.48. The average molecular weight is 181 g/mol. The Morgan fingerprint density at radius 1 is 1.46 bits per heavy atom. The Morgan fingerprint density at radius 3 is 3.00 bits per heavy atom. The monoisotopic (exact) mass is 181 g/mol. The fourth-order valence-electron chi connectivity index (χ4n) is 1.21. The minimum Gasteiger partial charge on any atom is -0.478 e. The highest BCUT2D eigenvalue weighted by atomic mass is 19.1. The first-order valence-corrected chi connectivity index (χ1v) is 4.60. The fourth-order valence-corrected chi connectivity index (χ4v) is 1.21. The quantitative estimate of drug-likeness (QED) is 0.665. The summed E-state index contributed by atoms with van der Waals surface area (Å²) in [6, 6.07) is 4.60. The van der Waals surface area contributed by atoms with Gasteiger partial charge < -0.3 is 4.74 Å². The van der Waals surface area contributed by atoms with Gasteiger partial charge in [-0.15, -0.1) is 0 Å². The van der Waals surface area contributed by atoms with E-state index in [4.69, 9.17) is 4.74 Å². The third-order valence-corrected chi connectivity index (χ3v) is 2.16. The van der Waals surface area contributed by atoms with E-state index in [9.17, 15) is 4.39 Å². The van der Waals surface area contributed by atoms with Gasteiger partial charge in [-0.2, -0.15) is 9.37 Å². The second-order valence-electron chi connectivity index (χ2n) is 3.38. The Balaban J connectivity index is 1.79. The van der Waals surface area contributed by atoms with Crippen LogP contribution in [0.25, 0.3) is 0 Å². The highest BCUT2D eigenvalue weighted by molar-refractivity contribution is 5.10. The van der Waals surface area contributed by atoms with Crippen LogP contribution in [-0.4, -0.2) is 11.6 Å². The van der Waals surface area contributed by atoms with E-state index in [1.165, 1.54) is 18.9 Å². The molecule has 2 rings (SSSR count). The summed E-state index contributed by atoms with van der Waals surface area (Å²) in [5.41, 5.74) is 0. The summed E-state index contributed by atoms with van der Waals surface area (Å²) in [5.74, 6) is 0.748. The van der Waals surface area contributed by atoms with Crippen molar-refractivity contribution in [3.8, 4) is 5.88 Å². The zero-order chi connectivity index (χ0) is 9.10. The second-order valence-corrected chi connectivity index (χ2v) is 3.38. The summed E-state index contributed by atoms with van der Waals surface area (Å²) in [5, 5.41) is 0. The molecule has 0 radical (unpaired) electrons. The van der Waals surface area contributed by atoms with Gasteiger partial charge in [0.15, 0.2) is 0 Å². The molecule has 2 nitrogen and oxygen atoms in total. The van der Waals surface area contributed by atoms with E-state index in [-0.39, 0.29) is 0 Å². The topological polar surface area (TPSA) is 22.1 Å². The fraction of sp³-hybridized carbons (Fsp3) is 0.500. The van der Waals surface area contributed by atoms with Gasteiger partial charge in [0.2, 0.25) is 11.8 Å². The van der Waals surface area contributed by atoms with Gasteiger partial charge in [0.25, 0.3) is 0 Å². The summed E-state index contributed by atoms with van der Waals surface area (Å²) in [7, 11) is 0. The van der Waals surface area contributed by atoms with E-state index < -0.39 is 5.95 Å². The lowest BCUT2D eigenvalue weighted by Crippen LogP contribution is -2.00. The molecule has 70 valence electrons. The molecule has 3 heteroatoms. The summed E-state index contributed by atoms with van der Waals surface area (Å²) >= 11 is 0. The molecular weight excluding hydrogens is 169 g/mol. The van der Waals surface area contributed by atoms with Crippen molar-refractivity contribution in [2.45, 2.75) is 19.3 Å². The van der Waals surface area contributed by atoms with Gasteiger partial charge in [0, 0.05) is 6.07 Å². The lowest BCUT2D eigenvalue weighted by atomic mass is 10.3. The average Bonchev–Trinajstić information content (AvgIpc) is 2.88. The molecule has 0 saturated heterocycles. The van der Waals surface area contributed by atoms with Crippen molar-refractivity contribution < 1.29 is 9.13 Å². The van der Waals surface area contributed by atoms with Crippen LogP contribution in [0, 0.1) is 11.9 Å². The number of hydrogen-bond donors (Lipinski definition) is 0.